The first-order valence-corrected chi connectivity index (χ1v) is 8.59. The Labute approximate surface area is 148 Å². The molecule has 0 aromatic heterocycles. The summed E-state index contributed by atoms with van der Waals surface area (Å²) >= 11 is 12.2. The average molecular weight is 359 g/mol. The van der Waals surface area contributed by atoms with Crippen LogP contribution in [0.3, 0.4) is 0 Å². The van der Waals surface area contributed by atoms with Crippen molar-refractivity contribution in [3.8, 4) is 0 Å². The lowest BCUT2D eigenvalue weighted by atomic mass is 10.1. The average Bonchev–Trinajstić information content (AvgIpc) is 2.44. The highest BCUT2D eigenvalue weighted by atomic mass is 35.5. The molecule has 1 unspecified atom stereocenters. The van der Waals surface area contributed by atoms with E-state index in [0.29, 0.717) is 23.1 Å². The van der Waals surface area contributed by atoms with Crippen molar-refractivity contribution >= 4 is 29.3 Å². The van der Waals surface area contributed by atoms with Gasteiger partial charge in [-0.05, 0) is 51.5 Å². The van der Waals surface area contributed by atoms with E-state index < -0.39 is 5.60 Å². The molecule has 1 heterocycles. The van der Waals surface area contributed by atoms with Crippen LogP contribution in [0.4, 0.5) is 4.79 Å². The lowest BCUT2D eigenvalue weighted by Crippen LogP contribution is -2.50. The van der Waals surface area contributed by atoms with Gasteiger partial charge in [0.1, 0.15) is 5.60 Å². The molecule has 0 radical (unpaired) electrons. The summed E-state index contributed by atoms with van der Waals surface area (Å²) in [6, 6.07) is 5.82. The summed E-state index contributed by atoms with van der Waals surface area (Å²) in [4.78, 5) is 16.2. The fourth-order valence-electron chi connectivity index (χ4n) is 2.65. The van der Waals surface area contributed by atoms with E-state index in [1.54, 1.807) is 11.0 Å². The number of hydrogen-bond donors (Lipinski definition) is 0. The van der Waals surface area contributed by atoms with Crippen molar-refractivity contribution in [1.29, 1.82) is 0 Å². The van der Waals surface area contributed by atoms with Crippen LogP contribution < -0.4 is 0 Å². The third kappa shape index (κ3) is 5.27. The quantitative estimate of drug-likeness (QED) is 0.773. The molecule has 1 aliphatic rings. The van der Waals surface area contributed by atoms with E-state index in [2.05, 4.69) is 11.8 Å². The van der Waals surface area contributed by atoms with Crippen LogP contribution in [0.2, 0.25) is 10.0 Å². The maximum absolute atomic E-state index is 12.1. The lowest BCUT2D eigenvalue weighted by molar-refractivity contribution is 0.0110. The van der Waals surface area contributed by atoms with Gasteiger partial charge in [0, 0.05) is 42.3 Å². The van der Waals surface area contributed by atoms with Crippen LogP contribution in [0.25, 0.3) is 0 Å². The predicted octanol–water partition coefficient (Wildman–Crippen LogP) is 4.61. The van der Waals surface area contributed by atoms with Crippen molar-refractivity contribution in [2.24, 2.45) is 0 Å². The van der Waals surface area contributed by atoms with Crippen LogP contribution in [0.5, 0.6) is 0 Å². The van der Waals surface area contributed by atoms with Gasteiger partial charge in [-0.3, -0.25) is 4.90 Å². The summed E-state index contributed by atoms with van der Waals surface area (Å²) in [6.07, 6.45) is -0.240. The maximum Gasteiger partial charge on any atom is 0.410 e. The van der Waals surface area contributed by atoms with Gasteiger partial charge < -0.3 is 9.64 Å². The van der Waals surface area contributed by atoms with Gasteiger partial charge in [-0.25, -0.2) is 4.79 Å². The van der Waals surface area contributed by atoms with Gasteiger partial charge in [0.05, 0.1) is 0 Å². The van der Waals surface area contributed by atoms with Crippen LogP contribution >= 0.6 is 23.2 Å². The van der Waals surface area contributed by atoms with Gasteiger partial charge in [0.25, 0.3) is 0 Å². The molecule has 0 saturated carbocycles. The Kier molecular flexibility index (Phi) is 5.82. The second-order valence-corrected chi connectivity index (χ2v) is 7.75. The van der Waals surface area contributed by atoms with Crippen molar-refractivity contribution in [3.63, 3.8) is 0 Å². The van der Waals surface area contributed by atoms with Crippen LogP contribution in [0.15, 0.2) is 18.2 Å². The number of hydrogen-bond acceptors (Lipinski definition) is 3. The molecule has 1 fully saturated rings. The summed E-state index contributed by atoms with van der Waals surface area (Å²) in [7, 11) is 0. The van der Waals surface area contributed by atoms with Crippen LogP contribution in [-0.4, -0.2) is 47.7 Å². The Hall–Kier alpha value is -0.970. The molecular formula is C17H24Cl2N2O2. The second-order valence-electron chi connectivity index (χ2n) is 6.88. The maximum atomic E-state index is 12.1. The van der Waals surface area contributed by atoms with E-state index in [1.165, 1.54) is 0 Å². The molecule has 0 N–H and O–H groups in total. The Bertz CT molecular complexity index is 544. The number of rotatable bonds is 2. The molecular weight excluding hydrogens is 335 g/mol. The number of amides is 1. The monoisotopic (exact) mass is 358 g/mol. The number of nitrogens with zero attached hydrogens (tertiary/aromatic N) is 2. The number of halogens is 2. The normalized spacial score (nSPS) is 17.9. The third-order valence-electron chi connectivity index (χ3n) is 3.88. The van der Waals surface area contributed by atoms with E-state index in [1.807, 2.05) is 32.9 Å². The molecule has 6 heteroatoms. The highest BCUT2D eigenvalue weighted by Crippen LogP contribution is 2.27. The largest absolute Gasteiger partial charge is 0.444 e. The minimum absolute atomic E-state index is 0.201. The highest BCUT2D eigenvalue weighted by Gasteiger charge is 2.28. The second kappa shape index (κ2) is 7.29. The number of piperazine rings is 1. The minimum Gasteiger partial charge on any atom is -0.444 e. The molecule has 1 aromatic rings. The zero-order valence-electron chi connectivity index (χ0n) is 14.1. The predicted molar refractivity (Wildman–Crippen MR) is 94.3 cm³/mol. The van der Waals surface area contributed by atoms with Gasteiger partial charge >= 0.3 is 6.09 Å². The number of benzene rings is 1. The SMILES string of the molecule is CC(c1cc(Cl)cc(Cl)c1)N1CCN(C(=O)OC(C)(C)C)CC1. The zero-order chi connectivity index (χ0) is 17.2. The molecule has 0 bridgehead atoms. The van der Waals surface area contributed by atoms with Crippen molar-refractivity contribution in [2.75, 3.05) is 26.2 Å². The minimum atomic E-state index is -0.459. The molecule has 2 rings (SSSR count). The Morgan fingerprint density at radius 3 is 2.09 bits per heavy atom. The fourth-order valence-corrected chi connectivity index (χ4v) is 3.19. The van der Waals surface area contributed by atoms with Crippen LogP contribution in [0, 0.1) is 0 Å². The first-order valence-electron chi connectivity index (χ1n) is 7.84. The van der Waals surface area contributed by atoms with E-state index in [-0.39, 0.29) is 12.1 Å². The van der Waals surface area contributed by atoms with Gasteiger partial charge in [-0.2, -0.15) is 0 Å². The fraction of sp³-hybridized carbons (Fsp3) is 0.588. The summed E-state index contributed by atoms with van der Waals surface area (Å²) in [6.45, 7) is 10.7. The van der Waals surface area contributed by atoms with Gasteiger partial charge in [0.2, 0.25) is 0 Å². The smallest absolute Gasteiger partial charge is 0.410 e. The molecule has 1 amide bonds. The number of carbonyl (C=O) groups excluding carboxylic acids is 1. The van der Waals surface area contributed by atoms with Crippen molar-refractivity contribution < 1.29 is 9.53 Å². The summed E-state index contributed by atoms with van der Waals surface area (Å²) in [5, 5.41) is 1.29. The van der Waals surface area contributed by atoms with Gasteiger partial charge in [0.15, 0.2) is 0 Å². The van der Waals surface area contributed by atoms with Gasteiger partial charge in [-0.1, -0.05) is 23.2 Å². The van der Waals surface area contributed by atoms with Gasteiger partial charge in [-0.15, -0.1) is 0 Å². The zero-order valence-corrected chi connectivity index (χ0v) is 15.6. The first-order chi connectivity index (χ1) is 10.7. The summed E-state index contributed by atoms with van der Waals surface area (Å²) in [5.41, 5.74) is 0.632. The lowest BCUT2D eigenvalue weighted by Gasteiger charge is -2.38. The highest BCUT2D eigenvalue weighted by molar-refractivity contribution is 6.34. The molecule has 4 nitrogen and oxygen atoms in total. The topological polar surface area (TPSA) is 32.8 Å². The van der Waals surface area contributed by atoms with E-state index in [9.17, 15) is 4.79 Å². The Balaban J connectivity index is 1.94. The molecule has 1 saturated heterocycles. The standard InChI is InChI=1S/C17H24Cl2N2O2/c1-12(13-9-14(18)11-15(19)10-13)20-5-7-21(8-6-20)16(22)23-17(2,3)4/h9-12H,5-8H2,1-4H3. The summed E-state index contributed by atoms with van der Waals surface area (Å²) in [5.74, 6) is 0. The molecule has 128 valence electrons. The third-order valence-corrected chi connectivity index (χ3v) is 4.32. The van der Waals surface area contributed by atoms with Crippen LogP contribution in [0.1, 0.15) is 39.3 Å². The van der Waals surface area contributed by atoms with Crippen molar-refractivity contribution in [1.82, 2.24) is 9.80 Å². The first kappa shape index (κ1) is 18.4. The molecule has 23 heavy (non-hydrogen) atoms. The van der Waals surface area contributed by atoms with E-state index >= 15 is 0 Å². The molecule has 0 aliphatic carbocycles. The number of ether oxygens (including phenoxy) is 1. The van der Waals surface area contributed by atoms with E-state index in [0.717, 1.165) is 18.7 Å². The Morgan fingerprint density at radius 2 is 1.61 bits per heavy atom. The molecule has 0 spiro atoms. The molecule has 1 aromatic carbocycles. The molecule has 1 aliphatic heterocycles. The van der Waals surface area contributed by atoms with Crippen molar-refractivity contribution in [2.45, 2.75) is 39.3 Å². The van der Waals surface area contributed by atoms with Crippen molar-refractivity contribution in [3.05, 3.63) is 33.8 Å². The number of carbonyl (C=O) groups is 1. The van der Waals surface area contributed by atoms with E-state index in [4.69, 9.17) is 27.9 Å². The van der Waals surface area contributed by atoms with Crippen LogP contribution in [-0.2, 0) is 4.74 Å². The Morgan fingerprint density at radius 1 is 1.09 bits per heavy atom. The summed E-state index contributed by atoms with van der Waals surface area (Å²) < 4.78 is 5.42. The molecule has 1 atom stereocenters.